The third-order valence-corrected chi connectivity index (χ3v) is 5.89. The van der Waals surface area contributed by atoms with Gasteiger partial charge < -0.3 is 0 Å². The Hall–Kier alpha value is -2.34. The number of rotatable bonds is 5. The molecule has 0 unspecified atom stereocenters. The Bertz CT molecular complexity index is 1040. The number of aromatic nitrogens is 2. The third-order valence-electron chi connectivity index (χ3n) is 5.35. The van der Waals surface area contributed by atoms with Crippen molar-refractivity contribution in [1.29, 1.82) is 0 Å². The van der Waals surface area contributed by atoms with Gasteiger partial charge in [-0.05, 0) is 37.5 Å². The molecular formula is C23H24Cl2N4O. The van der Waals surface area contributed by atoms with Gasteiger partial charge in [-0.25, -0.2) is 9.69 Å². The Morgan fingerprint density at radius 2 is 1.80 bits per heavy atom. The normalized spacial score (nSPS) is 14.6. The van der Waals surface area contributed by atoms with Crippen LogP contribution < -0.4 is 5.43 Å². The molecule has 1 fully saturated rings. The number of hydrogen-bond donors (Lipinski definition) is 1. The van der Waals surface area contributed by atoms with Crippen LogP contribution in [0.1, 0.15) is 42.2 Å². The highest BCUT2D eigenvalue weighted by Gasteiger charge is 2.26. The van der Waals surface area contributed by atoms with Gasteiger partial charge in [0.1, 0.15) is 0 Å². The maximum Gasteiger partial charge on any atom is 0.286 e. The number of halogens is 2. The molecule has 1 amide bonds. The first kappa shape index (κ1) is 20.9. The van der Waals surface area contributed by atoms with Gasteiger partial charge in [0.05, 0.1) is 16.4 Å². The summed E-state index contributed by atoms with van der Waals surface area (Å²) >= 11 is 12.6. The highest BCUT2D eigenvalue weighted by atomic mass is 35.5. The second kappa shape index (κ2) is 9.21. The summed E-state index contributed by atoms with van der Waals surface area (Å²) in [5.41, 5.74) is 6.89. The van der Waals surface area contributed by atoms with E-state index in [0.29, 0.717) is 27.8 Å². The fraction of sp³-hybridized carbons (Fsp3) is 0.304. The minimum Gasteiger partial charge on any atom is -0.283 e. The third kappa shape index (κ3) is 4.24. The topological polar surface area (TPSA) is 50.2 Å². The lowest BCUT2D eigenvalue weighted by Gasteiger charge is -2.26. The Labute approximate surface area is 186 Å². The maximum absolute atomic E-state index is 13.2. The van der Waals surface area contributed by atoms with Gasteiger partial charge >= 0.3 is 0 Å². The number of amides is 1. The first-order chi connectivity index (χ1) is 14.6. The summed E-state index contributed by atoms with van der Waals surface area (Å²) in [4.78, 5) is 13.2. The molecular weight excluding hydrogens is 419 g/mol. The predicted octanol–water partition coefficient (Wildman–Crippen LogP) is 5.54. The van der Waals surface area contributed by atoms with E-state index in [1.807, 2.05) is 48.3 Å². The number of piperidine rings is 1. The van der Waals surface area contributed by atoms with Gasteiger partial charge in [0, 0.05) is 29.2 Å². The molecule has 0 radical (unpaired) electrons. The average molecular weight is 443 g/mol. The van der Waals surface area contributed by atoms with E-state index in [-0.39, 0.29) is 5.91 Å². The largest absolute Gasteiger partial charge is 0.286 e. The minimum atomic E-state index is -0.185. The molecule has 30 heavy (non-hydrogen) atoms. The summed E-state index contributed by atoms with van der Waals surface area (Å²) in [6, 6.07) is 15.2. The van der Waals surface area contributed by atoms with Gasteiger partial charge in [-0.15, -0.1) is 0 Å². The van der Waals surface area contributed by atoms with Crippen molar-refractivity contribution in [3.8, 4) is 16.9 Å². The van der Waals surface area contributed by atoms with Gasteiger partial charge in [-0.1, -0.05) is 66.9 Å². The molecule has 0 aliphatic carbocycles. The molecule has 2 aromatic carbocycles. The fourth-order valence-electron chi connectivity index (χ4n) is 3.89. The van der Waals surface area contributed by atoms with Crippen LogP contribution in [0.2, 0.25) is 10.0 Å². The lowest BCUT2D eigenvalue weighted by atomic mass is 10.0. The first-order valence-electron chi connectivity index (χ1n) is 10.3. The van der Waals surface area contributed by atoms with Gasteiger partial charge in [-0.2, -0.15) is 5.10 Å². The molecule has 7 heteroatoms. The van der Waals surface area contributed by atoms with Gasteiger partial charge in [0.25, 0.3) is 5.91 Å². The van der Waals surface area contributed by atoms with Crippen LogP contribution in [-0.4, -0.2) is 33.8 Å². The zero-order valence-corrected chi connectivity index (χ0v) is 18.4. The maximum atomic E-state index is 13.2. The molecule has 156 valence electrons. The second-order valence-electron chi connectivity index (χ2n) is 7.39. The van der Waals surface area contributed by atoms with E-state index < -0.39 is 0 Å². The summed E-state index contributed by atoms with van der Waals surface area (Å²) < 4.78 is 1.76. The fourth-order valence-corrected chi connectivity index (χ4v) is 4.38. The monoisotopic (exact) mass is 442 g/mol. The van der Waals surface area contributed by atoms with E-state index in [1.165, 1.54) is 6.42 Å². The molecule has 5 nitrogen and oxygen atoms in total. The number of carbonyl (C=O) groups is 1. The molecule has 1 N–H and O–H groups in total. The van der Waals surface area contributed by atoms with Crippen LogP contribution in [0.25, 0.3) is 16.9 Å². The van der Waals surface area contributed by atoms with E-state index in [4.69, 9.17) is 28.3 Å². The molecule has 1 saturated heterocycles. The highest BCUT2D eigenvalue weighted by Crippen LogP contribution is 2.33. The molecule has 3 aromatic rings. The van der Waals surface area contributed by atoms with Crippen molar-refractivity contribution in [2.45, 2.75) is 32.6 Å². The summed E-state index contributed by atoms with van der Waals surface area (Å²) in [5, 5.41) is 7.75. The van der Waals surface area contributed by atoms with Crippen LogP contribution in [0.4, 0.5) is 0 Å². The zero-order valence-electron chi connectivity index (χ0n) is 16.9. The van der Waals surface area contributed by atoms with Crippen molar-refractivity contribution in [3.05, 3.63) is 69.8 Å². The van der Waals surface area contributed by atoms with Crippen molar-refractivity contribution in [3.63, 3.8) is 0 Å². The second-order valence-corrected chi connectivity index (χ2v) is 8.24. The molecule has 1 aromatic heterocycles. The van der Waals surface area contributed by atoms with Crippen LogP contribution in [0.15, 0.2) is 48.5 Å². The van der Waals surface area contributed by atoms with E-state index in [9.17, 15) is 4.79 Å². The number of benzene rings is 2. The van der Waals surface area contributed by atoms with Crippen LogP contribution >= 0.6 is 23.2 Å². The van der Waals surface area contributed by atoms with Crippen molar-refractivity contribution < 1.29 is 4.79 Å². The Morgan fingerprint density at radius 1 is 1.07 bits per heavy atom. The van der Waals surface area contributed by atoms with E-state index in [2.05, 4.69) is 5.43 Å². The van der Waals surface area contributed by atoms with Crippen LogP contribution in [0, 0.1) is 0 Å². The SMILES string of the molecule is CCc1c(C(=O)NN2CCCCC2)nn(-c2ccc(Cl)cc2Cl)c1-c1ccccc1. The summed E-state index contributed by atoms with van der Waals surface area (Å²) in [6.07, 6.45) is 4.04. The van der Waals surface area contributed by atoms with E-state index >= 15 is 0 Å². The summed E-state index contributed by atoms with van der Waals surface area (Å²) in [5.74, 6) is -0.185. The lowest BCUT2D eigenvalue weighted by Crippen LogP contribution is -2.45. The van der Waals surface area contributed by atoms with Crippen molar-refractivity contribution >= 4 is 29.1 Å². The van der Waals surface area contributed by atoms with E-state index in [0.717, 1.165) is 42.8 Å². The Morgan fingerprint density at radius 3 is 2.47 bits per heavy atom. The standard InChI is InChI=1S/C23H24Cl2N4O/c1-2-18-21(23(30)27-28-13-7-4-8-14-28)26-29(20-12-11-17(24)15-19(20)25)22(18)16-9-5-3-6-10-16/h3,5-6,9-12,15H,2,4,7-8,13-14H2,1H3,(H,27,30). The van der Waals surface area contributed by atoms with Gasteiger partial charge in [-0.3, -0.25) is 10.2 Å². The molecule has 4 rings (SSSR count). The van der Waals surface area contributed by atoms with Gasteiger partial charge in [0.2, 0.25) is 0 Å². The number of hydrogen-bond acceptors (Lipinski definition) is 3. The molecule has 0 atom stereocenters. The molecule has 1 aliphatic heterocycles. The number of hydrazine groups is 1. The quantitative estimate of drug-likeness (QED) is 0.564. The Kier molecular flexibility index (Phi) is 6.42. The summed E-state index contributed by atoms with van der Waals surface area (Å²) in [7, 11) is 0. The number of carbonyl (C=O) groups excluding carboxylic acids is 1. The van der Waals surface area contributed by atoms with E-state index in [1.54, 1.807) is 16.8 Å². The van der Waals surface area contributed by atoms with Crippen LogP contribution in [0.5, 0.6) is 0 Å². The molecule has 0 spiro atoms. The minimum absolute atomic E-state index is 0.185. The first-order valence-corrected chi connectivity index (χ1v) is 11.0. The number of nitrogens with one attached hydrogen (secondary N) is 1. The smallest absolute Gasteiger partial charge is 0.283 e. The van der Waals surface area contributed by atoms with Gasteiger partial charge in [0.15, 0.2) is 5.69 Å². The van der Waals surface area contributed by atoms with Crippen LogP contribution in [-0.2, 0) is 6.42 Å². The lowest BCUT2D eigenvalue weighted by molar-refractivity contribution is 0.0743. The van der Waals surface area contributed by atoms with Crippen molar-refractivity contribution in [2.24, 2.45) is 0 Å². The molecule has 0 saturated carbocycles. The Balaban J connectivity index is 1.83. The molecule has 0 bridgehead atoms. The number of nitrogens with zero attached hydrogens (tertiary/aromatic N) is 3. The average Bonchev–Trinajstić information content (AvgIpc) is 3.14. The van der Waals surface area contributed by atoms with Crippen molar-refractivity contribution in [1.82, 2.24) is 20.2 Å². The molecule has 1 aliphatic rings. The summed E-state index contributed by atoms with van der Waals surface area (Å²) in [6.45, 7) is 3.76. The zero-order chi connectivity index (χ0) is 21.1. The highest BCUT2D eigenvalue weighted by molar-refractivity contribution is 6.35. The van der Waals surface area contributed by atoms with Crippen molar-refractivity contribution in [2.75, 3.05) is 13.1 Å². The van der Waals surface area contributed by atoms with Crippen LogP contribution in [0.3, 0.4) is 0 Å². The molecule has 2 heterocycles. The predicted molar refractivity (Wildman–Crippen MR) is 121 cm³/mol.